The van der Waals surface area contributed by atoms with Crippen LogP contribution in [0.4, 0.5) is 0 Å². The average Bonchev–Trinajstić information content (AvgIpc) is 2.12. The van der Waals surface area contributed by atoms with Gasteiger partial charge in [-0.25, -0.2) is 4.99 Å². The average molecular weight is 237 g/mol. The van der Waals surface area contributed by atoms with Crippen molar-refractivity contribution in [2.45, 2.75) is 6.92 Å². The number of nitrogens with zero attached hydrogens (tertiary/aromatic N) is 1. The molecule has 16 heavy (non-hydrogen) atoms. The highest BCUT2D eigenvalue weighted by atomic mass is 32.3. The fourth-order valence-corrected chi connectivity index (χ4v) is 1.83. The standard InChI is InChI=1S/C13H19NOS/c1-11-7-6-8-13(9-11)10-14-12(2)15-16(3,4)5/h6-10H,2H2,1,3-5H3/b14-10+. The van der Waals surface area contributed by atoms with Gasteiger partial charge in [-0.05, 0) is 37.8 Å². The van der Waals surface area contributed by atoms with Gasteiger partial charge in [-0.15, -0.1) is 0 Å². The summed E-state index contributed by atoms with van der Waals surface area (Å²) in [5.74, 6) is 0.476. The molecule has 0 atom stereocenters. The Bertz CT molecular complexity index is 405. The van der Waals surface area contributed by atoms with Crippen LogP contribution in [0.1, 0.15) is 11.1 Å². The third-order valence-corrected chi connectivity index (χ3v) is 2.44. The maximum absolute atomic E-state index is 5.58. The first-order chi connectivity index (χ1) is 7.37. The molecule has 0 bridgehead atoms. The minimum Gasteiger partial charge on any atom is -0.430 e. The zero-order chi connectivity index (χ0) is 12.2. The van der Waals surface area contributed by atoms with E-state index in [9.17, 15) is 0 Å². The van der Waals surface area contributed by atoms with E-state index in [2.05, 4.69) is 49.4 Å². The Morgan fingerprint density at radius 1 is 1.38 bits per heavy atom. The molecule has 0 amide bonds. The van der Waals surface area contributed by atoms with Crippen LogP contribution < -0.4 is 0 Å². The second-order valence-corrected chi connectivity index (χ2v) is 7.99. The Hall–Kier alpha value is -1.22. The molecule has 0 radical (unpaired) electrons. The maximum Gasteiger partial charge on any atom is 0.217 e. The lowest BCUT2D eigenvalue weighted by molar-refractivity contribution is 0.482. The Kier molecular flexibility index (Phi) is 4.19. The summed E-state index contributed by atoms with van der Waals surface area (Å²) in [4.78, 5) is 4.20. The highest BCUT2D eigenvalue weighted by Gasteiger charge is 2.04. The van der Waals surface area contributed by atoms with E-state index in [0.717, 1.165) is 5.56 Å². The van der Waals surface area contributed by atoms with Crippen molar-refractivity contribution in [3.63, 3.8) is 0 Å². The summed E-state index contributed by atoms with van der Waals surface area (Å²) in [6, 6.07) is 8.14. The summed E-state index contributed by atoms with van der Waals surface area (Å²) in [5.41, 5.74) is 2.28. The van der Waals surface area contributed by atoms with Crippen LogP contribution in [0, 0.1) is 6.92 Å². The van der Waals surface area contributed by atoms with Crippen LogP contribution in [0.3, 0.4) is 0 Å². The molecular weight excluding hydrogens is 218 g/mol. The summed E-state index contributed by atoms with van der Waals surface area (Å²) in [6.07, 6.45) is 7.95. The third-order valence-electron chi connectivity index (χ3n) is 1.75. The van der Waals surface area contributed by atoms with Gasteiger partial charge in [0.05, 0.1) is 0 Å². The number of hydrogen-bond acceptors (Lipinski definition) is 2. The first-order valence-corrected chi connectivity index (χ1v) is 7.82. The van der Waals surface area contributed by atoms with Gasteiger partial charge in [0.2, 0.25) is 5.88 Å². The smallest absolute Gasteiger partial charge is 0.217 e. The molecule has 0 fully saturated rings. The van der Waals surface area contributed by atoms with Gasteiger partial charge in [0.1, 0.15) is 0 Å². The van der Waals surface area contributed by atoms with Crippen molar-refractivity contribution < 1.29 is 4.18 Å². The molecule has 0 aromatic heterocycles. The van der Waals surface area contributed by atoms with Gasteiger partial charge >= 0.3 is 0 Å². The van der Waals surface area contributed by atoms with E-state index in [-0.39, 0.29) is 0 Å². The van der Waals surface area contributed by atoms with E-state index in [0.29, 0.717) is 5.88 Å². The summed E-state index contributed by atoms with van der Waals surface area (Å²) in [7, 11) is -1.05. The topological polar surface area (TPSA) is 21.6 Å². The van der Waals surface area contributed by atoms with Crippen molar-refractivity contribution in [2.75, 3.05) is 18.8 Å². The van der Waals surface area contributed by atoms with Gasteiger partial charge in [-0.3, -0.25) is 0 Å². The van der Waals surface area contributed by atoms with Gasteiger partial charge in [-0.1, -0.05) is 40.1 Å². The SMILES string of the molecule is C=C(/N=C/c1cccc(C)c1)OS(C)(C)C. The van der Waals surface area contributed by atoms with Gasteiger partial charge in [0.25, 0.3) is 0 Å². The van der Waals surface area contributed by atoms with Crippen LogP contribution in [-0.4, -0.2) is 25.0 Å². The monoisotopic (exact) mass is 237 g/mol. The zero-order valence-electron chi connectivity index (χ0n) is 10.4. The van der Waals surface area contributed by atoms with Crippen molar-refractivity contribution in [1.29, 1.82) is 0 Å². The molecule has 1 rings (SSSR count). The molecule has 0 aliphatic heterocycles. The van der Waals surface area contributed by atoms with E-state index < -0.39 is 10.3 Å². The number of aryl methyl sites for hydroxylation is 1. The lowest BCUT2D eigenvalue weighted by atomic mass is 10.2. The second kappa shape index (κ2) is 5.21. The Morgan fingerprint density at radius 3 is 2.62 bits per heavy atom. The van der Waals surface area contributed by atoms with Crippen molar-refractivity contribution in [3.05, 3.63) is 47.9 Å². The minimum atomic E-state index is -1.05. The Labute approximate surface area is 99.6 Å². The predicted octanol–water partition coefficient (Wildman–Crippen LogP) is 3.51. The van der Waals surface area contributed by atoms with Crippen LogP contribution in [0.25, 0.3) is 0 Å². The number of hydrogen-bond donors (Lipinski definition) is 0. The van der Waals surface area contributed by atoms with Crippen LogP contribution in [0.15, 0.2) is 41.7 Å². The Balaban J connectivity index is 2.64. The number of rotatable bonds is 4. The van der Waals surface area contributed by atoms with E-state index in [1.54, 1.807) is 6.21 Å². The molecule has 1 aromatic rings. The van der Waals surface area contributed by atoms with Crippen LogP contribution >= 0.6 is 10.3 Å². The first kappa shape index (κ1) is 12.8. The molecule has 3 heteroatoms. The van der Waals surface area contributed by atoms with E-state index in [4.69, 9.17) is 4.18 Å². The minimum absolute atomic E-state index is 0.476. The predicted molar refractivity (Wildman–Crippen MR) is 74.4 cm³/mol. The van der Waals surface area contributed by atoms with E-state index in [1.165, 1.54) is 5.56 Å². The molecule has 0 aliphatic rings. The number of aliphatic imine (C=N–C) groups is 1. The molecule has 0 saturated carbocycles. The molecular formula is C13H19NOS. The van der Waals surface area contributed by atoms with Gasteiger partial charge in [0.15, 0.2) is 0 Å². The van der Waals surface area contributed by atoms with Crippen LogP contribution in [-0.2, 0) is 4.18 Å². The van der Waals surface area contributed by atoms with Crippen LogP contribution in [0.2, 0.25) is 0 Å². The van der Waals surface area contributed by atoms with Gasteiger partial charge in [0, 0.05) is 6.21 Å². The number of benzene rings is 1. The summed E-state index contributed by atoms with van der Waals surface area (Å²) in [5, 5.41) is 0. The summed E-state index contributed by atoms with van der Waals surface area (Å²) >= 11 is 0. The van der Waals surface area contributed by atoms with Gasteiger partial charge < -0.3 is 4.18 Å². The molecule has 1 aromatic carbocycles. The maximum atomic E-state index is 5.58. The summed E-state index contributed by atoms with van der Waals surface area (Å²) in [6.45, 7) is 5.84. The molecule has 0 saturated heterocycles. The van der Waals surface area contributed by atoms with Gasteiger partial charge in [-0.2, -0.15) is 0 Å². The molecule has 0 aliphatic carbocycles. The molecule has 0 N–H and O–H groups in total. The van der Waals surface area contributed by atoms with Crippen molar-refractivity contribution in [2.24, 2.45) is 4.99 Å². The molecule has 0 unspecified atom stereocenters. The Morgan fingerprint density at radius 2 is 2.06 bits per heavy atom. The largest absolute Gasteiger partial charge is 0.430 e. The van der Waals surface area contributed by atoms with E-state index in [1.807, 2.05) is 12.1 Å². The molecule has 2 nitrogen and oxygen atoms in total. The van der Waals surface area contributed by atoms with Crippen molar-refractivity contribution in [1.82, 2.24) is 0 Å². The highest BCUT2D eigenvalue weighted by Crippen LogP contribution is 2.38. The van der Waals surface area contributed by atoms with Crippen molar-refractivity contribution >= 4 is 16.5 Å². The third kappa shape index (κ3) is 5.03. The fourth-order valence-electron chi connectivity index (χ4n) is 1.21. The quantitative estimate of drug-likeness (QED) is 0.580. The first-order valence-electron chi connectivity index (χ1n) is 5.04. The van der Waals surface area contributed by atoms with Crippen LogP contribution in [0.5, 0.6) is 0 Å². The molecule has 88 valence electrons. The van der Waals surface area contributed by atoms with E-state index >= 15 is 0 Å². The normalized spacial score (nSPS) is 12.8. The lowest BCUT2D eigenvalue weighted by Gasteiger charge is -2.25. The van der Waals surface area contributed by atoms with Crippen molar-refractivity contribution in [3.8, 4) is 0 Å². The fraction of sp³-hybridized carbons (Fsp3) is 0.308. The molecule has 0 spiro atoms. The summed E-state index contributed by atoms with van der Waals surface area (Å²) < 4.78 is 5.58. The molecule has 0 heterocycles. The lowest BCUT2D eigenvalue weighted by Crippen LogP contribution is -1.96. The second-order valence-electron chi connectivity index (χ2n) is 4.37. The zero-order valence-corrected chi connectivity index (χ0v) is 11.2. The highest BCUT2D eigenvalue weighted by molar-refractivity contribution is 8.28.